The Labute approximate surface area is 94.5 Å². The van der Waals surface area contributed by atoms with Gasteiger partial charge in [-0.25, -0.2) is 0 Å². The van der Waals surface area contributed by atoms with Crippen molar-refractivity contribution in [3.8, 4) is 6.07 Å². The lowest BCUT2D eigenvalue weighted by molar-refractivity contribution is 1.32. The predicted molar refractivity (Wildman–Crippen MR) is 61.7 cm³/mol. The largest absolute Gasteiger partial charge is 0.359 e. The van der Waals surface area contributed by atoms with Crippen molar-refractivity contribution in [2.45, 2.75) is 6.92 Å². The van der Waals surface area contributed by atoms with Crippen molar-refractivity contribution in [3.05, 3.63) is 44.2 Å². The van der Waals surface area contributed by atoms with Gasteiger partial charge in [0.05, 0.1) is 10.9 Å². The number of aryl methyl sites for hydroxylation is 1. The van der Waals surface area contributed by atoms with Gasteiger partial charge in [0.1, 0.15) is 11.6 Å². The van der Waals surface area contributed by atoms with Crippen LogP contribution >= 0.6 is 15.9 Å². The number of aromatic amines is 1. The van der Waals surface area contributed by atoms with E-state index in [-0.39, 0.29) is 11.0 Å². The molecule has 1 N–H and O–H groups in total. The Kier molecular flexibility index (Phi) is 2.33. The maximum absolute atomic E-state index is 11.9. The number of H-pyrrole nitrogens is 1. The molecule has 74 valence electrons. The standard InChI is InChI=1S/C11H7BrN2O/c1-6-2-3-8(12)10-9(6)11(15)7(4-13)5-14-10/h2-3,5H,1H3,(H,14,15). The predicted octanol–water partition coefficient (Wildman–Crippen LogP) is 2.47. The summed E-state index contributed by atoms with van der Waals surface area (Å²) >= 11 is 3.36. The fourth-order valence-electron chi connectivity index (χ4n) is 1.54. The third-order valence-corrected chi connectivity index (χ3v) is 2.98. The summed E-state index contributed by atoms with van der Waals surface area (Å²) in [6.45, 7) is 1.85. The van der Waals surface area contributed by atoms with Gasteiger partial charge in [0, 0.05) is 10.7 Å². The number of aromatic nitrogens is 1. The third kappa shape index (κ3) is 1.45. The molecule has 1 aromatic carbocycles. The topological polar surface area (TPSA) is 56.6 Å². The Morgan fingerprint density at radius 3 is 2.87 bits per heavy atom. The van der Waals surface area contributed by atoms with Gasteiger partial charge in [-0.3, -0.25) is 4.79 Å². The quantitative estimate of drug-likeness (QED) is 0.793. The first-order valence-electron chi connectivity index (χ1n) is 4.35. The Balaban J connectivity index is 3.07. The molecule has 1 heterocycles. The van der Waals surface area contributed by atoms with Crippen LogP contribution in [0.25, 0.3) is 10.9 Å². The van der Waals surface area contributed by atoms with Crippen LogP contribution in [0.4, 0.5) is 0 Å². The van der Waals surface area contributed by atoms with Gasteiger partial charge < -0.3 is 4.98 Å². The summed E-state index contributed by atoms with van der Waals surface area (Å²) in [5, 5.41) is 9.33. The highest BCUT2D eigenvalue weighted by molar-refractivity contribution is 9.10. The van der Waals surface area contributed by atoms with E-state index in [1.165, 1.54) is 6.20 Å². The highest BCUT2D eigenvalue weighted by Crippen LogP contribution is 2.22. The average molecular weight is 263 g/mol. The minimum absolute atomic E-state index is 0.142. The normalized spacial score (nSPS) is 10.2. The SMILES string of the molecule is Cc1ccc(Br)c2[nH]cc(C#N)c(=O)c12. The molecule has 2 rings (SSSR count). The molecule has 4 heteroatoms. The summed E-state index contributed by atoms with van der Waals surface area (Å²) in [7, 11) is 0. The van der Waals surface area contributed by atoms with Gasteiger partial charge in [-0.05, 0) is 34.5 Å². The molecule has 15 heavy (non-hydrogen) atoms. The number of halogens is 1. The molecule has 0 saturated heterocycles. The molecule has 1 aromatic heterocycles. The van der Waals surface area contributed by atoms with Gasteiger partial charge in [-0.15, -0.1) is 0 Å². The number of hydrogen-bond donors (Lipinski definition) is 1. The molecule has 0 radical (unpaired) electrons. The highest BCUT2D eigenvalue weighted by atomic mass is 79.9. The van der Waals surface area contributed by atoms with Gasteiger partial charge in [-0.1, -0.05) is 6.07 Å². The van der Waals surface area contributed by atoms with Crippen LogP contribution < -0.4 is 5.43 Å². The van der Waals surface area contributed by atoms with Crippen LogP contribution in [0.3, 0.4) is 0 Å². The molecule has 0 aliphatic carbocycles. The summed E-state index contributed by atoms with van der Waals surface area (Å²) in [5.74, 6) is 0. The molecule has 2 aromatic rings. The first-order chi connectivity index (χ1) is 7.15. The summed E-state index contributed by atoms with van der Waals surface area (Å²) in [6.07, 6.45) is 1.44. The monoisotopic (exact) mass is 262 g/mol. The van der Waals surface area contributed by atoms with Crippen molar-refractivity contribution < 1.29 is 0 Å². The van der Waals surface area contributed by atoms with E-state index >= 15 is 0 Å². The van der Waals surface area contributed by atoms with Crippen LogP contribution in [0.15, 0.2) is 27.6 Å². The summed E-state index contributed by atoms with van der Waals surface area (Å²) in [4.78, 5) is 14.8. The van der Waals surface area contributed by atoms with Crippen molar-refractivity contribution >= 4 is 26.8 Å². The summed E-state index contributed by atoms with van der Waals surface area (Å²) < 4.78 is 0.824. The van der Waals surface area contributed by atoms with Crippen LogP contribution in [0, 0.1) is 18.3 Å². The number of fused-ring (bicyclic) bond motifs is 1. The maximum Gasteiger partial charge on any atom is 0.207 e. The lowest BCUT2D eigenvalue weighted by Crippen LogP contribution is -2.08. The van der Waals surface area contributed by atoms with Crippen LogP contribution in [-0.2, 0) is 0 Å². The Morgan fingerprint density at radius 1 is 1.47 bits per heavy atom. The number of nitriles is 1. The van der Waals surface area contributed by atoms with Gasteiger partial charge in [0.2, 0.25) is 5.43 Å². The second-order valence-electron chi connectivity index (χ2n) is 3.26. The number of nitrogens with zero attached hydrogens (tertiary/aromatic N) is 1. The lowest BCUT2D eigenvalue weighted by atomic mass is 10.1. The number of pyridine rings is 1. The summed E-state index contributed by atoms with van der Waals surface area (Å²) in [6, 6.07) is 5.60. The molecule has 0 aliphatic rings. The molecule has 0 bridgehead atoms. The zero-order valence-electron chi connectivity index (χ0n) is 7.97. The molecule has 0 aliphatic heterocycles. The van der Waals surface area contributed by atoms with E-state index in [1.807, 2.05) is 25.1 Å². The van der Waals surface area contributed by atoms with E-state index in [4.69, 9.17) is 5.26 Å². The number of hydrogen-bond acceptors (Lipinski definition) is 2. The van der Waals surface area contributed by atoms with E-state index in [2.05, 4.69) is 20.9 Å². The summed E-state index contributed by atoms with van der Waals surface area (Å²) in [5.41, 5.74) is 1.53. The molecular formula is C11H7BrN2O. The van der Waals surface area contributed by atoms with Crippen molar-refractivity contribution in [2.24, 2.45) is 0 Å². The zero-order chi connectivity index (χ0) is 11.0. The molecule has 0 saturated carbocycles. The zero-order valence-corrected chi connectivity index (χ0v) is 9.55. The number of rotatable bonds is 0. The molecule has 3 nitrogen and oxygen atoms in total. The third-order valence-electron chi connectivity index (χ3n) is 2.32. The smallest absolute Gasteiger partial charge is 0.207 e. The van der Waals surface area contributed by atoms with E-state index in [9.17, 15) is 4.79 Å². The van der Waals surface area contributed by atoms with Gasteiger partial charge in [-0.2, -0.15) is 5.26 Å². The molecular weight excluding hydrogens is 256 g/mol. The van der Waals surface area contributed by atoms with Gasteiger partial charge in [0.15, 0.2) is 0 Å². The second kappa shape index (κ2) is 3.52. The second-order valence-corrected chi connectivity index (χ2v) is 4.11. The fraction of sp³-hybridized carbons (Fsp3) is 0.0909. The minimum Gasteiger partial charge on any atom is -0.359 e. The minimum atomic E-state index is -0.218. The van der Waals surface area contributed by atoms with Crippen molar-refractivity contribution in [1.82, 2.24) is 4.98 Å². The maximum atomic E-state index is 11.9. The van der Waals surface area contributed by atoms with E-state index in [1.54, 1.807) is 0 Å². The lowest BCUT2D eigenvalue weighted by Gasteiger charge is -2.03. The first-order valence-corrected chi connectivity index (χ1v) is 5.15. The van der Waals surface area contributed by atoms with Crippen LogP contribution in [-0.4, -0.2) is 4.98 Å². The first kappa shape index (κ1) is 9.94. The van der Waals surface area contributed by atoms with E-state index < -0.39 is 0 Å². The van der Waals surface area contributed by atoms with Crippen LogP contribution in [0.1, 0.15) is 11.1 Å². The Hall–Kier alpha value is -1.60. The van der Waals surface area contributed by atoms with Crippen LogP contribution in [0.5, 0.6) is 0 Å². The number of benzene rings is 1. The molecule has 0 spiro atoms. The highest BCUT2D eigenvalue weighted by Gasteiger charge is 2.08. The molecule has 0 atom stereocenters. The van der Waals surface area contributed by atoms with Gasteiger partial charge >= 0.3 is 0 Å². The van der Waals surface area contributed by atoms with Crippen molar-refractivity contribution in [1.29, 1.82) is 5.26 Å². The molecule has 0 fully saturated rings. The Morgan fingerprint density at radius 2 is 2.20 bits per heavy atom. The van der Waals surface area contributed by atoms with E-state index in [0.29, 0.717) is 5.39 Å². The molecule has 0 amide bonds. The fourth-order valence-corrected chi connectivity index (χ4v) is 1.99. The molecule has 0 unspecified atom stereocenters. The van der Waals surface area contributed by atoms with Crippen LogP contribution in [0.2, 0.25) is 0 Å². The Bertz CT molecular complexity index is 637. The number of nitrogens with one attached hydrogen (secondary N) is 1. The van der Waals surface area contributed by atoms with Crippen molar-refractivity contribution in [3.63, 3.8) is 0 Å². The van der Waals surface area contributed by atoms with E-state index in [0.717, 1.165) is 15.6 Å². The average Bonchev–Trinajstić information content (AvgIpc) is 2.23. The van der Waals surface area contributed by atoms with Crippen molar-refractivity contribution in [2.75, 3.05) is 0 Å². The van der Waals surface area contributed by atoms with Gasteiger partial charge in [0.25, 0.3) is 0 Å².